The average molecular weight is 306 g/mol. The fraction of sp³-hybridized carbons (Fsp3) is 0.250. The van der Waals surface area contributed by atoms with Gasteiger partial charge in [-0.3, -0.25) is 0 Å². The molecule has 1 aliphatic carbocycles. The first kappa shape index (κ1) is 14.1. The molecule has 0 N–H and O–H groups in total. The molecule has 1 aliphatic rings. The van der Waals surface area contributed by atoms with Crippen molar-refractivity contribution in [1.29, 1.82) is 0 Å². The second-order valence-corrected chi connectivity index (χ2v) is 6.77. The minimum atomic E-state index is -3.79. The van der Waals surface area contributed by atoms with Gasteiger partial charge in [0.25, 0.3) is 0 Å². The van der Waals surface area contributed by atoms with Gasteiger partial charge in [-0.2, -0.15) is 8.42 Å². The Balaban J connectivity index is 1.77. The van der Waals surface area contributed by atoms with Crippen molar-refractivity contribution in [2.75, 3.05) is 0 Å². The SMILES string of the molecule is O=S(=O)(Cc1cccc(F)c1)Oc1ccc2c(c1)CCC2. The molecule has 0 atom stereocenters. The highest BCUT2D eigenvalue weighted by Gasteiger charge is 2.17. The first-order valence-corrected chi connectivity index (χ1v) is 8.38. The van der Waals surface area contributed by atoms with Gasteiger partial charge in [-0.05, 0) is 60.2 Å². The quantitative estimate of drug-likeness (QED) is 0.815. The summed E-state index contributed by atoms with van der Waals surface area (Å²) < 4.78 is 42.3. The topological polar surface area (TPSA) is 43.4 Å². The number of halogens is 1. The zero-order valence-electron chi connectivity index (χ0n) is 11.4. The summed E-state index contributed by atoms with van der Waals surface area (Å²) in [5.74, 6) is -0.478. The zero-order valence-corrected chi connectivity index (χ0v) is 12.2. The van der Waals surface area contributed by atoms with Crippen LogP contribution in [-0.4, -0.2) is 8.42 Å². The zero-order chi connectivity index (χ0) is 14.9. The summed E-state index contributed by atoms with van der Waals surface area (Å²) in [6.45, 7) is 0. The Morgan fingerprint density at radius 2 is 1.86 bits per heavy atom. The number of rotatable bonds is 4. The Kier molecular flexibility index (Phi) is 3.68. The van der Waals surface area contributed by atoms with Gasteiger partial charge in [0.15, 0.2) is 0 Å². The van der Waals surface area contributed by atoms with Gasteiger partial charge in [-0.1, -0.05) is 18.2 Å². The lowest BCUT2D eigenvalue weighted by atomic mass is 10.1. The molecule has 0 saturated carbocycles. The molecular formula is C16H15FO3S. The van der Waals surface area contributed by atoms with Gasteiger partial charge >= 0.3 is 10.1 Å². The van der Waals surface area contributed by atoms with Gasteiger partial charge in [0, 0.05) is 0 Å². The molecule has 0 unspecified atom stereocenters. The molecule has 0 heterocycles. The van der Waals surface area contributed by atoms with Crippen LogP contribution in [0.1, 0.15) is 23.1 Å². The summed E-state index contributed by atoms with van der Waals surface area (Å²) in [6, 6.07) is 10.9. The molecular weight excluding hydrogens is 291 g/mol. The van der Waals surface area contributed by atoms with E-state index >= 15 is 0 Å². The van der Waals surface area contributed by atoms with Crippen LogP contribution in [0.5, 0.6) is 5.75 Å². The van der Waals surface area contributed by atoms with Gasteiger partial charge in [-0.25, -0.2) is 4.39 Å². The summed E-state index contributed by atoms with van der Waals surface area (Å²) in [4.78, 5) is 0. The van der Waals surface area contributed by atoms with E-state index in [2.05, 4.69) is 0 Å². The Morgan fingerprint density at radius 1 is 1.05 bits per heavy atom. The normalized spacial score (nSPS) is 14.0. The monoisotopic (exact) mass is 306 g/mol. The molecule has 0 aliphatic heterocycles. The van der Waals surface area contributed by atoms with E-state index in [1.54, 1.807) is 18.2 Å². The number of fused-ring (bicyclic) bond motifs is 1. The van der Waals surface area contributed by atoms with E-state index in [-0.39, 0.29) is 5.75 Å². The van der Waals surface area contributed by atoms with Crippen LogP contribution in [0, 0.1) is 5.82 Å². The summed E-state index contributed by atoms with van der Waals surface area (Å²) in [6.07, 6.45) is 3.08. The summed E-state index contributed by atoms with van der Waals surface area (Å²) in [5.41, 5.74) is 2.77. The Bertz CT molecular complexity index is 769. The van der Waals surface area contributed by atoms with Crippen LogP contribution in [0.2, 0.25) is 0 Å². The molecule has 0 aromatic heterocycles. The van der Waals surface area contributed by atoms with Crippen LogP contribution in [0.4, 0.5) is 4.39 Å². The molecule has 0 spiro atoms. The van der Waals surface area contributed by atoms with E-state index in [4.69, 9.17) is 4.18 Å². The van der Waals surface area contributed by atoms with Gasteiger partial charge < -0.3 is 4.18 Å². The van der Waals surface area contributed by atoms with Crippen molar-refractivity contribution in [3.63, 3.8) is 0 Å². The standard InChI is InChI=1S/C16H15FO3S/c17-15-6-1-3-12(9-15)11-21(18,19)20-16-8-7-13-4-2-5-14(13)10-16/h1,3,6-10H,2,4-5,11H2. The van der Waals surface area contributed by atoms with Crippen LogP contribution < -0.4 is 4.18 Å². The lowest BCUT2D eigenvalue weighted by molar-refractivity contribution is 0.484. The molecule has 0 fully saturated rings. The average Bonchev–Trinajstić information content (AvgIpc) is 2.84. The second-order valence-electron chi connectivity index (χ2n) is 5.20. The molecule has 2 aromatic rings. The smallest absolute Gasteiger partial charge is 0.313 e. The van der Waals surface area contributed by atoms with Gasteiger partial charge in [-0.15, -0.1) is 0 Å². The number of aryl methyl sites for hydroxylation is 2. The van der Waals surface area contributed by atoms with Gasteiger partial charge in [0.05, 0.1) is 0 Å². The van der Waals surface area contributed by atoms with Gasteiger partial charge in [0.2, 0.25) is 0 Å². The van der Waals surface area contributed by atoms with E-state index in [0.29, 0.717) is 11.3 Å². The lowest BCUT2D eigenvalue weighted by Gasteiger charge is -2.08. The maximum absolute atomic E-state index is 13.1. The number of hydrogen-bond acceptors (Lipinski definition) is 3. The van der Waals surface area contributed by atoms with Crippen LogP contribution in [-0.2, 0) is 28.7 Å². The summed E-state index contributed by atoms with van der Waals surface area (Å²) in [7, 11) is -3.79. The van der Waals surface area contributed by atoms with Gasteiger partial charge in [0.1, 0.15) is 17.3 Å². The Hall–Kier alpha value is -1.88. The predicted molar refractivity (Wildman–Crippen MR) is 78.1 cm³/mol. The van der Waals surface area contributed by atoms with Crippen molar-refractivity contribution in [2.24, 2.45) is 0 Å². The van der Waals surface area contributed by atoms with E-state index in [1.807, 2.05) is 6.07 Å². The lowest BCUT2D eigenvalue weighted by Crippen LogP contribution is -2.12. The van der Waals surface area contributed by atoms with Crippen molar-refractivity contribution >= 4 is 10.1 Å². The van der Waals surface area contributed by atoms with Crippen LogP contribution in [0.15, 0.2) is 42.5 Å². The molecule has 0 amide bonds. The third-order valence-electron chi connectivity index (χ3n) is 3.53. The molecule has 0 saturated heterocycles. The summed E-state index contributed by atoms with van der Waals surface area (Å²) >= 11 is 0. The first-order chi connectivity index (χ1) is 10.0. The fourth-order valence-corrected chi connectivity index (χ4v) is 3.65. The van der Waals surface area contributed by atoms with E-state index in [1.165, 1.54) is 23.8 Å². The third kappa shape index (κ3) is 3.42. The third-order valence-corrected chi connectivity index (χ3v) is 4.66. The molecule has 3 nitrogen and oxygen atoms in total. The maximum atomic E-state index is 13.1. The van der Waals surface area contributed by atoms with Crippen molar-refractivity contribution < 1.29 is 17.0 Å². The molecule has 0 bridgehead atoms. The van der Waals surface area contributed by atoms with Crippen molar-refractivity contribution in [2.45, 2.75) is 25.0 Å². The first-order valence-electron chi connectivity index (χ1n) is 6.80. The molecule has 3 rings (SSSR count). The van der Waals surface area contributed by atoms with Crippen LogP contribution >= 0.6 is 0 Å². The van der Waals surface area contributed by atoms with E-state index < -0.39 is 15.9 Å². The maximum Gasteiger partial charge on any atom is 0.313 e. The van der Waals surface area contributed by atoms with Crippen molar-refractivity contribution in [1.82, 2.24) is 0 Å². The highest BCUT2D eigenvalue weighted by molar-refractivity contribution is 7.86. The minimum Gasteiger partial charge on any atom is -0.382 e. The van der Waals surface area contributed by atoms with Crippen LogP contribution in [0.3, 0.4) is 0 Å². The van der Waals surface area contributed by atoms with Crippen molar-refractivity contribution in [3.05, 3.63) is 65.0 Å². The highest BCUT2D eigenvalue weighted by atomic mass is 32.2. The summed E-state index contributed by atoms with van der Waals surface area (Å²) in [5, 5.41) is 0. The molecule has 2 aromatic carbocycles. The second kappa shape index (κ2) is 5.48. The van der Waals surface area contributed by atoms with Crippen molar-refractivity contribution in [3.8, 4) is 5.75 Å². The molecule has 5 heteroatoms. The Morgan fingerprint density at radius 3 is 2.67 bits per heavy atom. The number of benzene rings is 2. The highest BCUT2D eigenvalue weighted by Crippen LogP contribution is 2.27. The molecule has 110 valence electrons. The number of hydrogen-bond donors (Lipinski definition) is 0. The predicted octanol–water partition coefficient (Wildman–Crippen LogP) is 3.22. The van der Waals surface area contributed by atoms with Crippen LogP contribution in [0.25, 0.3) is 0 Å². The molecule has 0 radical (unpaired) electrons. The van der Waals surface area contributed by atoms with E-state index in [0.717, 1.165) is 24.8 Å². The Labute approximate surface area is 123 Å². The minimum absolute atomic E-state index is 0.326. The van der Waals surface area contributed by atoms with E-state index in [9.17, 15) is 12.8 Å². The molecule has 21 heavy (non-hydrogen) atoms. The largest absolute Gasteiger partial charge is 0.382 e. The fourth-order valence-electron chi connectivity index (χ4n) is 2.61.